The van der Waals surface area contributed by atoms with Gasteiger partial charge in [0.05, 0.1) is 6.54 Å². The first kappa shape index (κ1) is 16.3. The van der Waals surface area contributed by atoms with Crippen LogP contribution in [-0.4, -0.2) is 72.5 Å². The molecule has 0 radical (unpaired) electrons. The van der Waals surface area contributed by atoms with Gasteiger partial charge in [-0.05, 0) is 58.2 Å². The van der Waals surface area contributed by atoms with Crippen LogP contribution < -0.4 is 0 Å². The van der Waals surface area contributed by atoms with Crippen LogP contribution in [0.2, 0.25) is 0 Å². The Balaban J connectivity index is 1.47. The average Bonchev–Trinajstić information content (AvgIpc) is 3.01. The van der Waals surface area contributed by atoms with E-state index in [0.717, 1.165) is 26.2 Å². The Morgan fingerprint density at radius 2 is 1.41 bits per heavy atom. The second kappa shape index (κ2) is 8.30. The molecule has 22 heavy (non-hydrogen) atoms. The zero-order valence-corrected chi connectivity index (χ0v) is 14.1. The zero-order valence-electron chi connectivity index (χ0n) is 14.1. The maximum Gasteiger partial charge on any atom is 0.236 e. The molecule has 3 saturated heterocycles. The van der Waals surface area contributed by atoms with E-state index in [-0.39, 0.29) is 0 Å². The predicted molar refractivity (Wildman–Crippen MR) is 89.9 cm³/mol. The Morgan fingerprint density at radius 3 is 2.14 bits per heavy atom. The number of likely N-dealkylation sites (tertiary alicyclic amines) is 3. The lowest BCUT2D eigenvalue weighted by atomic mass is 10.0. The zero-order chi connectivity index (χ0) is 15.2. The molecule has 0 aromatic rings. The molecule has 3 aliphatic heterocycles. The van der Waals surface area contributed by atoms with Gasteiger partial charge in [0.2, 0.25) is 5.91 Å². The Kier molecular flexibility index (Phi) is 6.13. The van der Waals surface area contributed by atoms with Gasteiger partial charge in [-0.15, -0.1) is 0 Å². The van der Waals surface area contributed by atoms with Crippen molar-refractivity contribution in [1.29, 1.82) is 0 Å². The summed E-state index contributed by atoms with van der Waals surface area (Å²) in [6.45, 7) is 7.41. The molecule has 4 heteroatoms. The van der Waals surface area contributed by atoms with E-state index in [1.165, 1.54) is 70.9 Å². The van der Waals surface area contributed by atoms with E-state index >= 15 is 0 Å². The van der Waals surface area contributed by atoms with Gasteiger partial charge < -0.3 is 4.90 Å². The van der Waals surface area contributed by atoms with Crippen molar-refractivity contribution < 1.29 is 4.79 Å². The van der Waals surface area contributed by atoms with E-state index in [1.54, 1.807) is 0 Å². The van der Waals surface area contributed by atoms with Gasteiger partial charge in [0.1, 0.15) is 0 Å². The number of hydrogen-bond acceptors (Lipinski definition) is 3. The van der Waals surface area contributed by atoms with E-state index in [0.29, 0.717) is 18.5 Å². The van der Waals surface area contributed by atoms with Gasteiger partial charge in [0.25, 0.3) is 0 Å². The second-order valence-corrected chi connectivity index (χ2v) is 7.42. The van der Waals surface area contributed by atoms with Gasteiger partial charge in [-0.2, -0.15) is 0 Å². The molecule has 1 amide bonds. The Bertz CT molecular complexity index is 346. The third-order valence-corrected chi connectivity index (χ3v) is 5.71. The molecule has 126 valence electrons. The summed E-state index contributed by atoms with van der Waals surface area (Å²) < 4.78 is 0. The number of piperidine rings is 1. The van der Waals surface area contributed by atoms with Crippen LogP contribution in [0.3, 0.4) is 0 Å². The van der Waals surface area contributed by atoms with Crippen LogP contribution in [0.4, 0.5) is 0 Å². The number of rotatable bonds is 3. The molecule has 0 aromatic carbocycles. The van der Waals surface area contributed by atoms with Gasteiger partial charge in [-0.1, -0.05) is 19.3 Å². The number of amides is 1. The molecule has 1 atom stereocenters. The highest BCUT2D eigenvalue weighted by molar-refractivity contribution is 5.78. The number of nitrogens with zero attached hydrogens (tertiary/aromatic N) is 3. The quantitative estimate of drug-likeness (QED) is 0.801. The van der Waals surface area contributed by atoms with Crippen LogP contribution in [-0.2, 0) is 4.79 Å². The molecule has 3 fully saturated rings. The van der Waals surface area contributed by atoms with E-state index in [9.17, 15) is 4.79 Å². The molecule has 3 heterocycles. The molecule has 3 rings (SSSR count). The summed E-state index contributed by atoms with van der Waals surface area (Å²) in [5.41, 5.74) is 0. The third kappa shape index (κ3) is 4.45. The minimum absolute atomic E-state index is 0.379. The molecule has 0 bridgehead atoms. The molecule has 0 spiro atoms. The van der Waals surface area contributed by atoms with Gasteiger partial charge in [-0.25, -0.2) is 0 Å². The minimum atomic E-state index is 0.379. The summed E-state index contributed by atoms with van der Waals surface area (Å²) in [6, 6.07) is 0.705. The van der Waals surface area contributed by atoms with E-state index in [4.69, 9.17) is 0 Å². The van der Waals surface area contributed by atoms with Crippen molar-refractivity contribution in [3.63, 3.8) is 0 Å². The lowest BCUT2D eigenvalue weighted by Crippen LogP contribution is -2.50. The normalized spacial score (nSPS) is 29.3. The largest absolute Gasteiger partial charge is 0.342 e. The van der Waals surface area contributed by atoms with E-state index < -0.39 is 0 Å². The summed E-state index contributed by atoms with van der Waals surface area (Å²) in [5, 5.41) is 0. The fraction of sp³-hybridized carbons (Fsp3) is 0.944. The van der Waals surface area contributed by atoms with E-state index in [2.05, 4.69) is 14.7 Å². The molecule has 1 unspecified atom stereocenters. The van der Waals surface area contributed by atoms with Crippen LogP contribution in [0, 0.1) is 0 Å². The van der Waals surface area contributed by atoms with Crippen molar-refractivity contribution in [1.82, 2.24) is 14.7 Å². The predicted octanol–water partition coefficient (Wildman–Crippen LogP) is 2.34. The van der Waals surface area contributed by atoms with Crippen LogP contribution in [0.15, 0.2) is 0 Å². The Hall–Kier alpha value is -0.610. The second-order valence-electron chi connectivity index (χ2n) is 7.42. The summed E-state index contributed by atoms with van der Waals surface area (Å²) >= 11 is 0. The monoisotopic (exact) mass is 307 g/mol. The van der Waals surface area contributed by atoms with Crippen LogP contribution in [0.5, 0.6) is 0 Å². The summed E-state index contributed by atoms with van der Waals surface area (Å²) in [6.07, 6.45) is 11.7. The fourth-order valence-electron chi connectivity index (χ4n) is 4.37. The highest BCUT2D eigenvalue weighted by Crippen LogP contribution is 2.20. The Morgan fingerprint density at radius 1 is 0.773 bits per heavy atom. The molecule has 0 aliphatic carbocycles. The fourth-order valence-corrected chi connectivity index (χ4v) is 4.37. The maximum absolute atomic E-state index is 12.6. The smallest absolute Gasteiger partial charge is 0.236 e. The van der Waals surface area contributed by atoms with Crippen molar-refractivity contribution >= 4 is 5.91 Å². The average molecular weight is 307 g/mol. The number of carbonyl (C=O) groups is 1. The first-order valence-electron chi connectivity index (χ1n) is 9.57. The molecular weight excluding hydrogens is 274 g/mol. The first-order chi connectivity index (χ1) is 10.8. The van der Waals surface area contributed by atoms with Crippen LogP contribution >= 0.6 is 0 Å². The summed E-state index contributed by atoms with van der Waals surface area (Å²) in [7, 11) is 0. The highest BCUT2D eigenvalue weighted by Gasteiger charge is 2.28. The third-order valence-electron chi connectivity index (χ3n) is 5.71. The molecule has 0 N–H and O–H groups in total. The molecule has 3 aliphatic rings. The van der Waals surface area contributed by atoms with Crippen LogP contribution in [0.1, 0.15) is 57.8 Å². The first-order valence-corrected chi connectivity index (χ1v) is 9.57. The van der Waals surface area contributed by atoms with Crippen molar-refractivity contribution in [3.05, 3.63) is 0 Å². The van der Waals surface area contributed by atoms with Gasteiger partial charge in [0.15, 0.2) is 0 Å². The van der Waals surface area contributed by atoms with Crippen molar-refractivity contribution in [2.45, 2.75) is 63.8 Å². The van der Waals surface area contributed by atoms with Crippen molar-refractivity contribution in [2.75, 3.05) is 45.8 Å². The molecule has 0 saturated carbocycles. The number of carbonyl (C=O) groups excluding carboxylic acids is 1. The summed E-state index contributed by atoms with van der Waals surface area (Å²) in [5.74, 6) is 0.379. The number of hydrogen-bond donors (Lipinski definition) is 0. The van der Waals surface area contributed by atoms with Crippen LogP contribution in [0.25, 0.3) is 0 Å². The van der Waals surface area contributed by atoms with Gasteiger partial charge in [0, 0.05) is 25.7 Å². The lowest BCUT2D eigenvalue weighted by molar-refractivity contribution is -0.133. The molecule has 4 nitrogen and oxygen atoms in total. The highest BCUT2D eigenvalue weighted by atomic mass is 16.2. The van der Waals surface area contributed by atoms with Gasteiger partial charge >= 0.3 is 0 Å². The lowest BCUT2D eigenvalue weighted by Gasteiger charge is -2.38. The van der Waals surface area contributed by atoms with E-state index in [1.807, 2.05) is 0 Å². The topological polar surface area (TPSA) is 26.8 Å². The standard InChI is InChI=1S/C18H33N3O/c22-18(21-13-4-2-1-3-5-14-21)16-19-10-8-9-17(15-19)20-11-6-7-12-20/h17H,1-16H2. The molecule has 0 aromatic heterocycles. The van der Waals surface area contributed by atoms with Gasteiger partial charge in [-0.3, -0.25) is 14.6 Å². The minimum Gasteiger partial charge on any atom is -0.342 e. The summed E-state index contributed by atoms with van der Waals surface area (Å²) in [4.78, 5) is 19.9. The maximum atomic E-state index is 12.6. The SMILES string of the molecule is O=C(CN1CCCC(N2CCCC2)C1)N1CCCCCCC1. The Labute approximate surface area is 135 Å². The molecular formula is C18H33N3O. The van der Waals surface area contributed by atoms with Crippen molar-refractivity contribution in [3.8, 4) is 0 Å². The van der Waals surface area contributed by atoms with Crippen molar-refractivity contribution in [2.24, 2.45) is 0 Å².